The summed E-state index contributed by atoms with van der Waals surface area (Å²) >= 11 is 11.9. The lowest BCUT2D eigenvalue weighted by atomic mass is 9.87. The molecule has 0 radical (unpaired) electrons. The molecule has 0 aromatic heterocycles. The third-order valence-corrected chi connectivity index (χ3v) is 3.46. The van der Waals surface area contributed by atoms with E-state index >= 15 is 0 Å². The van der Waals surface area contributed by atoms with Gasteiger partial charge in [0.1, 0.15) is 0 Å². The summed E-state index contributed by atoms with van der Waals surface area (Å²) in [7, 11) is 0. The van der Waals surface area contributed by atoms with E-state index in [1.165, 1.54) is 0 Å². The second-order valence-electron chi connectivity index (χ2n) is 4.73. The fraction of sp³-hybridized carbons (Fsp3) is 0.200. The molecule has 0 bridgehead atoms. The third kappa shape index (κ3) is 3.26. The van der Waals surface area contributed by atoms with E-state index in [1.807, 2.05) is 55.5 Å². The number of nitrogens with two attached hydrogens (primary N) is 1. The van der Waals surface area contributed by atoms with Gasteiger partial charge in [-0.25, -0.2) is 0 Å². The number of hydrogen-bond donors (Lipinski definition) is 1. The van der Waals surface area contributed by atoms with Gasteiger partial charge in [-0.1, -0.05) is 47.5 Å². The highest BCUT2D eigenvalue weighted by Gasteiger charge is 2.21. The van der Waals surface area contributed by atoms with Crippen molar-refractivity contribution in [2.24, 2.45) is 5.73 Å². The zero-order valence-corrected chi connectivity index (χ0v) is 11.7. The Labute approximate surface area is 118 Å². The van der Waals surface area contributed by atoms with Crippen molar-refractivity contribution in [2.75, 3.05) is 0 Å². The summed E-state index contributed by atoms with van der Waals surface area (Å²) in [6.45, 7) is 2.01. The van der Waals surface area contributed by atoms with Gasteiger partial charge in [0, 0.05) is 15.6 Å². The second kappa shape index (κ2) is 5.31. The van der Waals surface area contributed by atoms with Crippen LogP contribution in [0, 0.1) is 0 Å². The van der Waals surface area contributed by atoms with Crippen molar-refractivity contribution in [1.82, 2.24) is 0 Å². The molecule has 2 aromatic rings. The summed E-state index contributed by atoms with van der Waals surface area (Å²) in [4.78, 5) is 0. The highest BCUT2D eigenvalue weighted by Crippen LogP contribution is 2.25. The van der Waals surface area contributed by atoms with E-state index in [0.29, 0.717) is 5.02 Å². The van der Waals surface area contributed by atoms with Crippen LogP contribution < -0.4 is 5.73 Å². The molecule has 0 aliphatic carbocycles. The van der Waals surface area contributed by atoms with Crippen LogP contribution in [0.3, 0.4) is 0 Å². The van der Waals surface area contributed by atoms with Crippen LogP contribution in [-0.2, 0) is 12.0 Å². The van der Waals surface area contributed by atoms with Gasteiger partial charge in [0.2, 0.25) is 0 Å². The van der Waals surface area contributed by atoms with E-state index in [9.17, 15) is 0 Å². The monoisotopic (exact) mass is 279 g/mol. The molecule has 2 rings (SSSR count). The molecule has 0 aliphatic heterocycles. The molecule has 2 N–H and O–H groups in total. The zero-order valence-electron chi connectivity index (χ0n) is 10.2. The largest absolute Gasteiger partial charge is 0.321 e. The molecular weight excluding hydrogens is 265 g/mol. The van der Waals surface area contributed by atoms with Gasteiger partial charge < -0.3 is 5.73 Å². The molecule has 0 saturated heterocycles. The van der Waals surface area contributed by atoms with E-state index in [-0.39, 0.29) is 0 Å². The molecule has 1 atom stereocenters. The molecular formula is C15H15Cl2N. The maximum absolute atomic E-state index is 6.39. The predicted octanol–water partition coefficient (Wildman–Crippen LogP) is 4.41. The molecule has 3 heteroatoms. The van der Waals surface area contributed by atoms with Gasteiger partial charge in [-0.05, 0) is 48.7 Å². The summed E-state index contributed by atoms with van der Waals surface area (Å²) in [5.41, 5.74) is 8.13. The number of rotatable bonds is 3. The lowest BCUT2D eigenvalue weighted by Gasteiger charge is -2.25. The van der Waals surface area contributed by atoms with Crippen molar-refractivity contribution >= 4 is 23.2 Å². The smallest absolute Gasteiger partial charge is 0.0422 e. The first kappa shape index (κ1) is 13.4. The van der Waals surface area contributed by atoms with Gasteiger partial charge in [0.15, 0.2) is 0 Å². The first-order valence-electron chi connectivity index (χ1n) is 5.77. The first-order chi connectivity index (χ1) is 8.47. The van der Waals surface area contributed by atoms with Crippen LogP contribution in [-0.4, -0.2) is 0 Å². The minimum Gasteiger partial charge on any atom is -0.321 e. The van der Waals surface area contributed by atoms with Gasteiger partial charge in [-0.3, -0.25) is 0 Å². The summed E-state index contributed by atoms with van der Waals surface area (Å²) in [5, 5.41) is 1.44. The van der Waals surface area contributed by atoms with Gasteiger partial charge in [-0.2, -0.15) is 0 Å². The van der Waals surface area contributed by atoms with E-state index in [4.69, 9.17) is 28.9 Å². The fourth-order valence-electron chi connectivity index (χ4n) is 1.97. The lowest BCUT2D eigenvalue weighted by Crippen LogP contribution is -2.35. The van der Waals surface area contributed by atoms with Crippen molar-refractivity contribution < 1.29 is 0 Å². The maximum atomic E-state index is 6.39. The average molecular weight is 280 g/mol. The molecule has 0 spiro atoms. The Morgan fingerprint density at radius 2 is 1.67 bits per heavy atom. The SMILES string of the molecule is CC(N)(Cc1ccc(Cl)cc1)c1cccc(Cl)c1. The van der Waals surface area contributed by atoms with Gasteiger partial charge in [-0.15, -0.1) is 0 Å². The van der Waals surface area contributed by atoms with Crippen molar-refractivity contribution in [3.05, 3.63) is 69.7 Å². The molecule has 0 amide bonds. The zero-order chi connectivity index (χ0) is 13.2. The van der Waals surface area contributed by atoms with Crippen LogP contribution in [0.5, 0.6) is 0 Å². The van der Waals surface area contributed by atoms with E-state index < -0.39 is 5.54 Å². The first-order valence-corrected chi connectivity index (χ1v) is 6.52. The minimum absolute atomic E-state index is 0.446. The van der Waals surface area contributed by atoms with Crippen molar-refractivity contribution in [3.8, 4) is 0 Å². The molecule has 94 valence electrons. The van der Waals surface area contributed by atoms with E-state index in [0.717, 1.165) is 22.6 Å². The second-order valence-corrected chi connectivity index (χ2v) is 5.60. The highest BCUT2D eigenvalue weighted by molar-refractivity contribution is 6.30. The van der Waals surface area contributed by atoms with Crippen LogP contribution in [0.15, 0.2) is 48.5 Å². The molecule has 2 aromatic carbocycles. The Kier molecular flexibility index (Phi) is 3.96. The molecule has 1 nitrogen and oxygen atoms in total. The molecule has 0 saturated carbocycles. The Hall–Kier alpha value is -1.02. The quantitative estimate of drug-likeness (QED) is 0.885. The molecule has 18 heavy (non-hydrogen) atoms. The van der Waals surface area contributed by atoms with E-state index in [2.05, 4.69) is 0 Å². The summed E-state index contributed by atoms with van der Waals surface area (Å²) in [6, 6.07) is 15.4. The molecule has 0 fully saturated rings. The highest BCUT2D eigenvalue weighted by atomic mass is 35.5. The number of benzene rings is 2. The normalized spacial score (nSPS) is 14.2. The maximum Gasteiger partial charge on any atom is 0.0422 e. The lowest BCUT2D eigenvalue weighted by molar-refractivity contribution is 0.491. The van der Waals surface area contributed by atoms with Gasteiger partial charge >= 0.3 is 0 Å². The summed E-state index contributed by atoms with van der Waals surface area (Å²) < 4.78 is 0. The minimum atomic E-state index is -0.446. The Morgan fingerprint density at radius 1 is 1.00 bits per heavy atom. The summed E-state index contributed by atoms with van der Waals surface area (Å²) in [5.74, 6) is 0. The van der Waals surface area contributed by atoms with Crippen LogP contribution in [0.25, 0.3) is 0 Å². The van der Waals surface area contributed by atoms with Crippen LogP contribution in [0.1, 0.15) is 18.1 Å². The molecule has 0 aliphatic rings. The van der Waals surface area contributed by atoms with Gasteiger partial charge in [0.25, 0.3) is 0 Å². The van der Waals surface area contributed by atoms with Crippen LogP contribution in [0.4, 0.5) is 0 Å². The van der Waals surface area contributed by atoms with Crippen LogP contribution >= 0.6 is 23.2 Å². The third-order valence-electron chi connectivity index (χ3n) is 2.97. The summed E-state index contributed by atoms with van der Waals surface area (Å²) in [6.07, 6.45) is 0.741. The van der Waals surface area contributed by atoms with Crippen LogP contribution in [0.2, 0.25) is 10.0 Å². The number of hydrogen-bond acceptors (Lipinski definition) is 1. The fourth-order valence-corrected chi connectivity index (χ4v) is 2.29. The topological polar surface area (TPSA) is 26.0 Å². The Morgan fingerprint density at radius 3 is 2.28 bits per heavy atom. The van der Waals surface area contributed by atoms with E-state index in [1.54, 1.807) is 0 Å². The predicted molar refractivity (Wildman–Crippen MR) is 78.1 cm³/mol. The molecule has 1 unspecified atom stereocenters. The van der Waals surface area contributed by atoms with Crippen molar-refractivity contribution in [3.63, 3.8) is 0 Å². The van der Waals surface area contributed by atoms with Crippen molar-refractivity contribution in [1.29, 1.82) is 0 Å². The standard InChI is InChI=1S/C15H15Cl2N/c1-15(18,12-3-2-4-14(17)9-12)10-11-5-7-13(16)8-6-11/h2-9H,10,18H2,1H3. The average Bonchev–Trinajstić information content (AvgIpc) is 2.32. The van der Waals surface area contributed by atoms with Gasteiger partial charge in [0.05, 0.1) is 0 Å². The Bertz CT molecular complexity index is 532. The Balaban J connectivity index is 2.23. The number of halogens is 2. The van der Waals surface area contributed by atoms with Crippen molar-refractivity contribution in [2.45, 2.75) is 18.9 Å². The molecule has 0 heterocycles.